The van der Waals surface area contributed by atoms with Crippen LogP contribution in [0.3, 0.4) is 0 Å². The van der Waals surface area contributed by atoms with Crippen LogP contribution in [0.4, 0.5) is 35.1 Å². The van der Waals surface area contributed by atoms with E-state index in [9.17, 15) is 22.4 Å². The molecule has 2 heterocycles. The normalized spacial score (nSPS) is 13.8. The van der Waals surface area contributed by atoms with Crippen LogP contribution in [-0.4, -0.2) is 58.1 Å². The third-order valence-electron chi connectivity index (χ3n) is 7.28. The number of halogens is 4. The number of nitrogens with one attached hydrogen (secondary N) is 2. The van der Waals surface area contributed by atoms with E-state index in [1.165, 1.54) is 43.5 Å². The van der Waals surface area contributed by atoms with Gasteiger partial charge in [-0.25, -0.2) is 4.39 Å². The number of rotatable bonds is 13. The molecule has 1 aliphatic rings. The summed E-state index contributed by atoms with van der Waals surface area (Å²) in [5.74, 6) is 0.408. The molecule has 1 aromatic heterocycles. The van der Waals surface area contributed by atoms with Gasteiger partial charge in [-0.3, -0.25) is 4.79 Å². The zero-order valence-electron chi connectivity index (χ0n) is 24.6. The second-order valence-electron chi connectivity index (χ2n) is 10.8. The molecule has 0 saturated carbocycles. The molecule has 1 fully saturated rings. The second-order valence-corrected chi connectivity index (χ2v) is 10.8. The number of ether oxygens (including phenoxy) is 1. The monoisotopic (exact) mass is 622 g/mol. The van der Waals surface area contributed by atoms with Crippen LogP contribution in [-0.2, 0) is 6.54 Å². The fraction of sp³-hybridized carbons (Fsp3) is 0.333. The number of hydrogen-bond donors (Lipinski definition) is 2. The summed E-state index contributed by atoms with van der Waals surface area (Å²) in [6, 6.07) is 19.0. The van der Waals surface area contributed by atoms with Gasteiger partial charge in [0.1, 0.15) is 11.6 Å². The van der Waals surface area contributed by atoms with Gasteiger partial charge in [-0.1, -0.05) is 48.9 Å². The van der Waals surface area contributed by atoms with E-state index in [2.05, 4.69) is 30.5 Å². The Balaban J connectivity index is 1.31. The highest BCUT2D eigenvalue weighted by atomic mass is 19.4. The summed E-state index contributed by atoms with van der Waals surface area (Å²) in [5.41, 5.74) is 2.44. The van der Waals surface area contributed by atoms with Gasteiger partial charge in [-0.05, 0) is 68.7 Å². The Hall–Kier alpha value is -4.58. The molecule has 1 saturated heterocycles. The molecule has 45 heavy (non-hydrogen) atoms. The molecular formula is C33H34F4N6O2. The number of carbonyl (C=O) groups is 1. The van der Waals surface area contributed by atoms with Gasteiger partial charge in [0.25, 0.3) is 0 Å². The molecule has 0 atom stereocenters. The van der Waals surface area contributed by atoms with Gasteiger partial charge < -0.3 is 20.3 Å². The molecule has 2 N–H and O–H groups in total. The highest BCUT2D eigenvalue weighted by Gasteiger charge is 2.28. The lowest BCUT2D eigenvalue weighted by Gasteiger charge is -2.26. The largest absolute Gasteiger partial charge is 0.484 e. The molecule has 3 aromatic carbocycles. The zero-order valence-corrected chi connectivity index (χ0v) is 24.6. The topological polar surface area (TPSA) is 92.3 Å². The first-order valence-electron chi connectivity index (χ1n) is 14.9. The average molecular weight is 623 g/mol. The van der Waals surface area contributed by atoms with Crippen LogP contribution >= 0.6 is 0 Å². The van der Waals surface area contributed by atoms with Crippen LogP contribution in [0.25, 0.3) is 11.4 Å². The molecule has 0 bridgehead atoms. The molecule has 0 aliphatic carbocycles. The number of aromatic nitrogens is 3. The molecule has 12 heteroatoms. The van der Waals surface area contributed by atoms with E-state index in [1.54, 1.807) is 48.5 Å². The predicted octanol–water partition coefficient (Wildman–Crippen LogP) is 7.42. The lowest BCUT2D eigenvalue weighted by molar-refractivity contribution is -0.153. The Bertz CT molecular complexity index is 1560. The summed E-state index contributed by atoms with van der Waals surface area (Å²) in [6.07, 6.45) is 0.532. The number of ketones is 1. The number of piperidine rings is 1. The Kier molecular flexibility index (Phi) is 10.6. The van der Waals surface area contributed by atoms with Gasteiger partial charge in [-0.15, -0.1) is 0 Å². The van der Waals surface area contributed by atoms with E-state index in [-0.39, 0.29) is 29.2 Å². The van der Waals surface area contributed by atoms with Crippen molar-refractivity contribution >= 4 is 23.4 Å². The molecule has 0 spiro atoms. The minimum atomic E-state index is -4.47. The Morgan fingerprint density at radius 1 is 0.889 bits per heavy atom. The summed E-state index contributed by atoms with van der Waals surface area (Å²) in [4.78, 5) is 28.7. The maximum atomic E-state index is 13.4. The predicted molar refractivity (Wildman–Crippen MR) is 164 cm³/mol. The molecule has 8 nitrogen and oxygen atoms in total. The summed E-state index contributed by atoms with van der Waals surface area (Å²) < 4.78 is 56.1. The number of anilines is 3. The van der Waals surface area contributed by atoms with Crippen molar-refractivity contribution in [1.82, 2.24) is 19.9 Å². The molecule has 1 aliphatic heterocycles. The van der Waals surface area contributed by atoms with Crippen molar-refractivity contribution in [2.24, 2.45) is 0 Å². The van der Waals surface area contributed by atoms with Crippen molar-refractivity contribution < 1.29 is 27.1 Å². The molecule has 0 unspecified atom stereocenters. The standard InChI is InChI=1S/C33H34F4N6O2/c34-26-15-9-23(10-16-26)21-38-31-40-30(41-32(42-31)39-27-6-4-7-28(20-27)45-22-33(35,36)37)25-13-11-24(12-14-25)29(44)8-5-19-43-17-2-1-3-18-43/h4,6-7,9-16,20H,1-3,5,8,17-19,21-22H2,(H2,38,39,40,41,42). The smallest absolute Gasteiger partial charge is 0.422 e. The molecule has 5 rings (SSSR count). The van der Waals surface area contributed by atoms with Crippen molar-refractivity contribution in [3.8, 4) is 17.1 Å². The van der Waals surface area contributed by atoms with Gasteiger partial charge in [0, 0.05) is 35.8 Å². The Morgan fingerprint density at radius 2 is 1.62 bits per heavy atom. The van der Waals surface area contributed by atoms with Crippen LogP contribution in [0.2, 0.25) is 0 Å². The number of likely N-dealkylation sites (tertiary alicyclic amines) is 1. The van der Waals surface area contributed by atoms with Crippen molar-refractivity contribution in [2.45, 2.75) is 44.8 Å². The number of benzene rings is 3. The highest BCUT2D eigenvalue weighted by Crippen LogP contribution is 2.25. The Labute approximate surface area is 258 Å². The summed E-state index contributed by atoms with van der Waals surface area (Å²) in [6.45, 7) is 2.01. The number of Topliss-reactive ketones (excluding diaryl/α,β-unsaturated/α-hetero) is 1. The highest BCUT2D eigenvalue weighted by molar-refractivity contribution is 5.96. The molecule has 0 amide bonds. The van der Waals surface area contributed by atoms with E-state index in [4.69, 9.17) is 4.74 Å². The lowest BCUT2D eigenvalue weighted by Crippen LogP contribution is -2.30. The first kappa shape index (κ1) is 31.8. The fourth-order valence-electron chi connectivity index (χ4n) is 4.98. The van der Waals surface area contributed by atoms with E-state index in [1.807, 2.05) is 0 Å². The third kappa shape index (κ3) is 9.97. The zero-order chi connectivity index (χ0) is 31.6. The van der Waals surface area contributed by atoms with Crippen LogP contribution in [0.5, 0.6) is 5.75 Å². The van der Waals surface area contributed by atoms with Crippen LogP contribution in [0, 0.1) is 5.82 Å². The van der Waals surface area contributed by atoms with E-state index in [0.29, 0.717) is 35.6 Å². The molecule has 236 valence electrons. The quantitative estimate of drug-likeness (QED) is 0.118. The summed E-state index contributed by atoms with van der Waals surface area (Å²) in [7, 11) is 0. The first-order valence-corrected chi connectivity index (χ1v) is 14.9. The van der Waals surface area contributed by atoms with Crippen molar-refractivity contribution in [2.75, 3.05) is 36.9 Å². The van der Waals surface area contributed by atoms with E-state index in [0.717, 1.165) is 31.6 Å². The molecule has 4 aromatic rings. The molecule has 0 radical (unpaired) electrons. The minimum absolute atomic E-state index is 0.0254. The average Bonchev–Trinajstić information content (AvgIpc) is 3.04. The van der Waals surface area contributed by atoms with E-state index < -0.39 is 12.8 Å². The maximum Gasteiger partial charge on any atom is 0.422 e. The third-order valence-corrected chi connectivity index (χ3v) is 7.28. The molecular weight excluding hydrogens is 588 g/mol. The maximum absolute atomic E-state index is 13.4. The lowest BCUT2D eigenvalue weighted by atomic mass is 10.0. The Morgan fingerprint density at radius 3 is 2.36 bits per heavy atom. The van der Waals surface area contributed by atoms with Gasteiger partial charge in [-0.2, -0.15) is 28.1 Å². The number of carbonyl (C=O) groups excluding carboxylic acids is 1. The summed E-state index contributed by atoms with van der Waals surface area (Å²) in [5, 5.41) is 6.12. The SMILES string of the molecule is O=C(CCCN1CCCCC1)c1ccc(-c2nc(NCc3ccc(F)cc3)nc(Nc3cccc(OCC(F)(F)F)c3)n2)cc1. The van der Waals surface area contributed by atoms with Gasteiger partial charge >= 0.3 is 6.18 Å². The number of alkyl halides is 3. The van der Waals surface area contributed by atoms with Gasteiger partial charge in [0.2, 0.25) is 11.9 Å². The first-order chi connectivity index (χ1) is 21.7. The summed E-state index contributed by atoms with van der Waals surface area (Å²) >= 11 is 0. The van der Waals surface area contributed by atoms with Gasteiger partial charge in [0.15, 0.2) is 18.2 Å². The fourth-order valence-corrected chi connectivity index (χ4v) is 4.98. The van der Waals surface area contributed by atoms with Gasteiger partial charge in [0.05, 0.1) is 0 Å². The number of hydrogen-bond acceptors (Lipinski definition) is 8. The van der Waals surface area contributed by atoms with Crippen LogP contribution < -0.4 is 15.4 Å². The van der Waals surface area contributed by atoms with Crippen molar-refractivity contribution in [3.63, 3.8) is 0 Å². The number of nitrogens with zero attached hydrogens (tertiary/aromatic N) is 4. The van der Waals surface area contributed by atoms with Crippen molar-refractivity contribution in [1.29, 1.82) is 0 Å². The second kappa shape index (κ2) is 14.9. The van der Waals surface area contributed by atoms with E-state index >= 15 is 0 Å². The van der Waals surface area contributed by atoms with Crippen molar-refractivity contribution in [3.05, 3.63) is 89.7 Å². The van der Waals surface area contributed by atoms with Crippen LogP contribution in [0.1, 0.15) is 48.0 Å². The van der Waals surface area contributed by atoms with Crippen LogP contribution in [0.15, 0.2) is 72.8 Å². The minimum Gasteiger partial charge on any atom is -0.484 e.